The summed E-state index contributed by atoms with van der Waals surface area (Å²) < 4.78 is 17.1. The van der Waals surface area contributed by atoms with Gasteiger partial charge in [0.05, 0.1) is 12.7 Å². The van der Waals surface area contributed by atoms with Crippen LogP contribution in [0.4, 0.5) is 4.79 Å². The van der Waals surface area contributed by atoms with Gasteiger partial charge >= 0.3 is 12.1 Å². The summed E-state index contributed by atoms with van der Waals surface area (Å²) in [7, 11) is -1.94. The Balaban J connectivity index is 2.85. The minimum atomic E-state index is -1.94. The van der Waals surface area contributed by atoms with Crippen LogP contribution in [0.2, 0.25) is 18.1 Å². The molecule has 0 bridgehead atoms. The Morgan fingerprint density at radius 1 is 1.11 bits per heavy atom. The number of rotatable bonds is 6. The van der Waals surface area contributed by atoms with Gasteiger partial charge in [0.1, 0.15) is 5.60 Å². The number of esters is 1. The van der Waals surface area contributed by atoms with Crippen LogP contribution in [0, 0.1) is 0 Å². The van der Waals surface area contributed by atoms with E-state index in [1.54, 1.807) is 11.8 Å². The Hall–Kier alpha value is -1.08. The molecule has 0 aromatic rings. The molecule has 1 amide bonds. The molecule has 0 aromatic carbocycles. The number of carbonyl (C=O) groups excluding carboxylic acids is 2. The van der Waals surface area contributed by atoms with Crippen LogP contribution in [0.5, 0.6) is 0 Å². The molecule has 0 radical (unpaired) electrons. The number of hydrogen-bond acceptors (Lipinski definition) is 5. The average molecular weight is 402 g/mol. The van der Waals surface area contributed by atoms with Crippen LogP contribution in [0.15, 0.2) is 0 Å². The zero-order chi connectivity index (χ0) is 21.0. The van der Waals surface area contributed by atoms with Gasteiger partial charge < -0.3 is 18.8 Å². The Bertz CT molecular complexity index is 521. The molecular formula is C20H39NO5Si. The lowest BCUT2D eigenvalue weighted by molar-refractivity contribution is -0.143. The number of carbonyl (C=O) groups is 2. The van der Waals surface area contributed by atoms with Crippen molar-refractivity contribution in [2.45, 2.75) is 104 Å². The standard InChI is InChI=1S/C20H39NO5Si/c1-10-24-17(22)12-11-15-13-16(26-27(8,9)20(5,6)7)14-21(15)18(23)25-19(2,3)4/h15-16H,10-14H2,1-9H3. The highest BCUT2D eigenvalue weighted by Gasteiger charge is 2.44. The van der Waals surface area contributed by atoms with Crippen LogP contribution in [-0.2, 0) is 18.7 Å². The molecule has 158 valence electrons. The van der Waals surface area contributed by atoms with Gasteiger partial charge in [0.2, 0.25) is 0 Å². The van der Waals surface area contributed by atoms with E-state index in [-0.39, 0.29) is 29.2 Å². The third kappa shape index (κ3) is 7.45. The van der Waals surface area contributed by atoms with E-state index in [1.165, 1.54) is 0 Å². The Labute approximate surface area is 166 Å². The van der Waals surface area contributed by atoms with E-state index in [2.05, 4.69) is 33.9 Å². The molecule has 1 rings (SSSR count). The average Bonchev–Trinajstić information content (AvgIpc) is 2.84. The first-order valence-electron chi connectivity index (χ1n) is 9.99. The van der Waals surface area contributed by atoms with Crippen LogP contribution in [0.25, 0.3) is 0 Å². The first kappa shape index (κ1) is 24.0. The van der Waals surface area contributed by atoms with Gasteiger partial charge in [-0.3, -0.25) is 4.79 Å². The van der Waals surface area contributed by atoms with E-state index in [0.717, 1.165) is 6.42 Å². The molecule has 1 saturated heterocycles. The highest BCUT2D eigenvalue weighted by Crippen LogP contribution is 2.39. The molecular weight excluding hydrogens is 362 g/mol. The Morgan fingerprint density at radius 3 is 2.19 bits per heavy atom. The summed E-state index contributed by atoms with van der Waals surface area (Å²) in [6, 6.07) is -0.0703. The molecule has 1 aliphatic rings. The first-order valence-corrected chi connectivity index (χ1v) is 12.9. The molecule has 0 spiro atoms. The van der Waals surface area contributed by atoms with Gasteiger partial charge in [-0.2, -0.15) is 0 Å². The maximum absolute atomic E-state index is 12.7. The molecule has 7 heteroatoms. The molecule has 0 aromatic heterocycles. The lowest BCUT2D eigenvalue weighted by Gasteiger charge is -2.38. The fraction of sp³-hybridized carbons (Fsp3) is 0.900. The molecule has 27 heavy (non-hydrogen) atoms. The number of amides is 1. The van der Waals surface area contributed by atoms with Gasteiger partial charge in [0.15, 0.2) is 8.32 Å². The third-order valence-electron chi connectivity index (χ3n) is 5.26. The lowest BCUT2D eigenvalue weighted by Crippen LogP contribution is -2.45. The zero-order valence-electron chi connectivity index (χ0n) is 18.7. The van der Waals surface area contributed by atoms with Crippen molar-refractivity contribution in [3.63, 3.8) is 0 Å². The highest BCUT2D eigenvalue weighted by atomic mass is 28.4. The van der Waals surface area contributed by atoms with Crippen molar-refractivity contribution in [2.75, 3.05) is 13.2 Å². The van der Waals surface area contributed by atoms with Gasteiger partial charge in [-0.25, -0.2) is 4.79 Å². The van der Waals surface area contributed by atoms with E-state index < -0.39 is 13.9 Å². The van der Waals surface area contributed by atoms with Crippen LogP contribution in [0.3, 0.4) is 0 Å². The summed E-state index contributed by atoms with van der Waals surface area (Å²) in [5.74, 6) is -0.226. The molecule has 1 fully saturated rings. The summed E-state index contributed by atoms with van der Waals surface area (Å²) in [5, 5.41) is 0.104. The normalized spacial score (nSPS) is 21.3. The number of likely N-dealkylation sites (tertiary alicyclic amines) is 1. The molecule has 0 N–H and O–H groups in total. The fourth-order valence-corrected chi connectivity index (χ4v) is 4.25. The smallest absolute Gasteiger partial charge is 0.410 e. The van der Waals surface area contributed by atoms with Crippen LogP contribution in [0.1, 0.15) is 67.7 Å². The van der Waals surface area contributed by atoms with Crippen molar-refractivity contribution in [3.05, 3.63) is 0 Å². The summed E-state index contributed by atoms with van der Waals surface area (Å²) in [6.07, 6.45) is 1.23. The molecule has 1 heterocycles. The fourth-order valence-electron chi connectivity index (χ4n) is 2.89. The second-order valence-electron chi connectivity index (χ2n) is 9.87. The Kier molecular flexibility index (Phi) is 7.94. The number of hydrogen-bond donors (Lipinski definition) is 0. The minimum absolute atomic E-state index is 0.0226. The van der Waals surface area contributed by atoms with E-state index in [9.17, 15) is 9.59 Å². The third-order valence-corrected chi connectivity index (χ3v) is 9.79. The van der Waals surface area contributed by atoms with Gasteiger partial charge in [0, 0.05) is 19.0 Å². The van der Waals surface area contributed by atoms with Crippen molar-refractivity contribution >= 4 is 20.4 Å². The van der Waals surface area contributed by atoms with Crippen LogP contribution in [-0.4, -0.2) is 56.2 Å². The van der Waals surface area contributed by atoms with Crippen LogP contribution >= 0.6 is 0 Å². The molecule has 6 nitrogen and oxygen atoms in total. The van der Waals surface area contributed by atoms with E-state index >= 15 is 0 Å². The maximum atomic E-state index is 12.7. The lowest BCUT2D eigenvalue weighted by atomic mass is 10.1. The highest BCUT2D eigenvalue weighted by molar-refractivity contribution is 6.74. The molecule has 0 aliphatic carbocycles. The predicted molar refractivity (Wildman–Crippen MR) is 109 cm³/mol. The molecule has 0 saturated carbocycles. The van der Waals surface area contributed by atoms with Crippen molar-refractivity contribution in [1.29, 1.82) is 0 Å². The van der Waals surface area contributed by atoms with Gasteiger partial charge in [-0.15, -0.1) is 0 Å². The van der Waals surface area contributed by atoms with Crippen molar-refractivity contribution in [1.82, 2.24) is 4.90 Å². The molecule has 2 atom stereocenters. The SMILES string of the molecule is CCOC(=O)CCC1CC(O[Si](C)(C)C(C)(C)C)CN1C(=O)OC(C)(C)C. The van der Waals surface area contributed by atoms with E-state index in [0.29, 0.717) is 26.0 Å². The first-order chi connectivity index (χ1) is 12.2. The molecule has 1 aliphatic heterocycles. The summed E-state index contributed by atoms with van der Waals surface area (Å²) in [5.41, 5.74) is -0.554. The minimum Gasteiger partial charge on any atom is -0.466 e. The second-order valence-corrected chi connectivity index (χ2v) is 14.6. The predicted octanol–water partition coefficient (Wildman–Crippen LogP) is 4.73. The number of ether oxygens (including phenoxy) is 2. The monoisotopic (exact) mass is 401 g/mol. The second kappa shape index (κ2) is 8.95. The summed E-state index contributed by atoms with van der Waals surface area (Å²) in [4.78, 5) is 26.2. The number of nitrogens with zero attached hydrogens (tertiary/aromatic N) is 1. The van der Waals surface area contributed by atoms with Crippen molar-refractivity contribution in [3.8, 4) is 0 Å². The largest absolute Gasteiger partial charge is 0.466 e. The molecule has 2 unspecified atom stereocenters. The summed E-state index contributed by atoms with van der Waals surface area (Å²) in [6.45, 7) is 19.3. The Morgan fingerprint density at radius 2 is 1.70 bits per heavy atom. The maximum Gasteiger partial charge on any atom is 0.410 e. The van der Waals surface area contributed by atoms with Gasteiger partial charge in [-0.05, 0) is 58.7 Å². The topological polar surface area (TPSA) is 65.1 Å². The van der Waals surface area contributed by atoms with E-state index in [1.807, 2.05) is 20.8 Å². The van der Waals surface area contributed by atoms with Gasteiger partial charge in [0.25, 0.3) is 0 Å². The van der Waals surface area contributed by atoms with E-state index in [4.69, 9.17) is 13.9 Å². The quantitative estimate of drug-likeness (QED) is 0.475. The summed E-state index contributed by atoms with van der Waals surface area (Å²) >= 11 is 0. The zero-order valence-corrected chi connectivity index (χ0v) is 19.7. The van der Waals surface area contributed by atoms with Crippen LogP contribution < -0.4 is 0 Å². The van der Waals surface area contributed by atoms with Gasteiger partial charge in [-0.1, -0.05) is 20.8 Å². The van der Waals surface area contributed by atoms with Crippen molar-refractivity contribution < 1.29 is 23.5 Å². The van der Waals surface area contributed by atoms with Crippen molar-refractivity contribution in [2.24, 2.45) is 0 Å².